The molecule has 4 rings (SSSR count). The molecule has 0 saturated carbocycles. The number of hydrogen-bond donors (Lipinski definition) is 1. The van der Waals surface area contributed by atoms with Crippen molar-refractivity contribution in [2.75, 3.05) is 61.4 Å². The molecule has 2 aromatic carbocycles. The predicted molar refractivity (Wildman–Crippen MR) is 123 cm³/mol. The third-order valence-corrected chi connectivity index (χ3v) is 5.86. The summed E-state index contributed by atoms with van der Waals surface area (Å²) in [6.45, 7) is 7.08. The van der Waals surface area contributed by atoms with Gasteiger partial charge in [0.15, 0.2) is 0 Å². The number of nitrogens with one attached hydrogen (secondary N) is 1. The maximum atomic E-state index is 12.7. The molecule has 160 valence electrons. The molecule has 0 unspecified atom stereocenters. The molecule has 30 heavy (non-hydrogen) atoms. The maximum absolute atomic E-state index is 12.7. The van der Waals surface area contributed by atoms with Gasteiger partial charge in [-0.3, -0.25) is 9.69 Å². The van der Waals surface area contributed by atoms with Crippen molar-refractivity contribution >= 4 is 23.0 Å². The molecule has 0 bridgehead atoms. The van der Waals surface area contributed by atoms with Crippen molar-refractivity contribution in [1.82, 2.24) is 4.90 Å². The van der Waals surface area contributed by atoms with Gasteiger partial charge in [0.05, 0.1) is 30.2 Å². The summed E-state index contributed by atoms with van der Waals surface area (Å²) in [7, 11) is 1.98. The lowest BCUT2D eigenvalue weighted by molar-refractivity contribution is -0.117. The lowest BCUT2D eigenvalue weighted by Crippen LogP contribution is -2.46. The molecule has 0 aliphatic carbocycles. The van der Waals surface area contributed by atoms with E-state index >= 15 is 0 Å². The third-order valence-electron chi connectivity index (χ3n) is 5.86. The van der Waals surface area contributed by atoms with Gasteiger partial charge in [-0.1, -0.05) is 24.3 Å². The number of carbonyl (C=O) groups excluding carboxylic acids is 1. The quantitative estimate of drug-likeness (QED) is 0.761. The van der Waals surface area contributed by atoms with Crippen LogP contribution in [0.2, 0.25) is 0 Å². The summed E-state index contributed by atoms with van der Waals surface area (Å²) >= 11 is 0. The Morgan fingerprint density at radius 3 is 2.57 bits per heavy atom. The Bertz CT molecular complexity index is 866. The van der Waals surface area contributed by atoms with Crippen LogP contribution in [0.5, 0.6) is 5.75 Å². The summed E-state index contributed by atoms with van der Waals surface area (Å²) in [5.41, 5.74) is 3.17. The number of likely N-dealkylation sites (N-methyl/N-ethyl adjacent to an activating group) is 2. The topological polar surface area (TPSA) is 48.0 Å². The number of benzene rings is 2. The third kappa shape index (κ3) is 4.70. The van der Waals surface area contributed by atoms with Gasteiger partial charge in [0.2, 0.25) is 5.91 Å². The predicted octanol–water partition coefficient (Wildman–Crippen LogP) is 3.44. The van der Waals surface area contributed by atoms with Crippen molar-refractivity contribution in [3.05, 3.63) is 48.5 Å². The Balaban J connectivity index is 1.34. The molecule has 2 aliphatic heterocycles. The second-order valence-electron chi connectivity index (χ2n) is 8.20. The Morgan fingerprint density at radius 2 is 1.80 bits per heavy atom. The molecule has 2 heterocycles. The van der Waals surface area contributed by atoms with Gasteiger partial charge in [-0.05, 0) is 51.1 Å². The highest BCUT2D eigenvalue weighted by Crippen LogP contribution is 2.33. The van der Waals surface area contributed by atoms with Crippen LogP contribution < -0.4 is 19.9 Å². The minimum atomic E-state index is 0.00713. The minimum absolute atomic E-state index is 0.00713. The first-order valence-corrected chi connectivity index (χ1v) is 11.0. The fourth-order valence-electron chi connectivity index (χ4n) is 4.43. The van der Waals surface area contributed by atoms with Gasteiger partial charge in [0.1, 0.15) is 11.9 Å². The molecule has 1 fully saturated rings. The van der Waals surface area contributed by atoms with Gasteiger partial charge < -0.3 is 19.9 Å². The number of hydrogen-bond acceptors (Lipinski definition) is 5. The summed E-state index contributed by atoms with van der Waals surface area (Å²) < 4.78 is 6.20. The monoisotopic (exact) mass is 408 g/mol. The zero-order valence-electron chi connectivity index (χ0n) is 18.0. The van der Waals surface area contributed by atoms with Gasteiger partial charge in [-0.2, -0.15) is 0 Å². The minimum Gasteiger partial charge on any atom is -0.485 e. The van der Waals surface area contributed by atoms with Crippen LogP contribution in [0.25, 0.3) is 0 Å². The molecule has 1 amide bonds. The Kier molecular flexibility index (Phi) is 6.43. The van der Waals surface area contributed by atoms with E-state index in [1.807, 2.05) is 48.3 Å². The first kappa shape index (κ1) is 20.5. The van der Waals surface area contributed by atoms with Crippen molar-refractivity contribution < 1.29 is 9.53 Å². The standard InChI is InChI=1S/C24H32N4O2/c1-3-27-17-19(30-23-13-7-6-12-22(23)27)16-26(2)18-24(29)25-20-10-4-5-11-21(20)28-14-8-9-15-28/h4-7,10-13,19H,3,8-9,14-18H2,1-2H3,(H,25,29)/t19-/m1/s1. The number of para-hydroxylation sites is 4. The van der Waals surface area contributed by atoms with Crippen LogP contribution >= 0.6 is 0 Å². The average Bonchev–Trinajstić information content (AvgIpc) is 3.28. The van der Waals surface area contributed by atoms with Crippen LogP contribution in [0.4, 0.5) is 17.1 Å². The van der Waals surface area contributed by atoms with E-state index in [-0.39, 0.29) is 12.0 Å². The zero-order valence-corrected chi connectivity index (χ0v) is 18.0. The fourth-order valence-corrected chi connectivity index (χ4v) is 4.43. The molecule has 1 N–H and O–H groups in total. The Hall–Kier alpha value is -2.73. The normalized spacial score (nSPS) is 18.3. The van der Waals surface area contributed by atoms with Crippen LogP contribution in [0.15, 0.2) is 48.5 Å². The van der Waals surface area contributed by atoms with E-state index < -0.39 is 0 Å². The maximum Gasteiger partial charge on any atom is 0.238 e. The number of anilines is 3. The van der Waals surface area contributed by atoms with E-state index in [1.54, 1.807) is 0 Å². The highest BCUT2D eigenvalue weighted by atomic mass is 16.5. The summed E-state index contributed by atoms with van der Waals surface area (Å²) in [5, 5.41) is 3.12. The molecule has 2 aliphatic rings. The number of amides is 1. The van der Waals surface area contributed by atoms with Crippen molar-refractivity contribution in [2.45, 2.75) is 25.9 Å². The number of carbonyl (C=O) groups is 1. The molecule has 0 aromatic heterocycles. The zero-order chi connectivity index (χ0) is 20.9. The van der Waals surface area contributed by atoms with E-state index in [9.17, 15) is 4.79 Å². The lowest BCUT2D eigenvalue weighted by Gasteiger charge is -2.37. The van der Waals surface area contributed by atoms with E-state index in [2.05, 4.69) is 34.2 Å². The fraction of sp³-hybridized carbons (Fsp3) is 0.458. The second kappa shape index (κ2) is 9.39. The van der Waals surface area contributed by atoms with Crippen LogP contribution in [-0.2, 0) is 4.79 Å². The molecular weight excluding hydrogens is 376 g/mol. The number of ether oxygens (including phenoxy) is 1. The van der Waals surface area contributed by atoms with Gasteiger partial charge in [0, 0.05) is 26.2 Å². The van der Waals surface area contributed by atoms with Crippen LogP contribution in [0.3, 0.4) is 0 Å². The lowest BCUT2D eigenvalue weighted by atomic mass is 10.2. The summed E-state index contributed by atoms with van der Waals surface area (Å²) in [4.78, 5) is 19.5. The van der Waals surface area contributed by atoms with E-state index in [4.69, 9.17) is 4.74 Å². The Morgan fingerprint density at radius 1 is 1.10 bits per heavy atom. The number of rotatable bonds is 7. The summed E-state index contributed by atoms with van der Waals surface area (Å²) in [5.74, 6) is 0.931. The SMILES string of the molecule is CCN1C[C@@H](CN(C)CC(=O)Nc2ccccc2N2CCCC2)Oc2ccccc21. The number of nitrogens with zero attached hydrogens (tertiary/aromatic N) is 3. The molecule has 6 heteroatoms. The highest BCUT2D eigenvalue weighted by molar-refractivity contribution is 5.95. The van der Waals surface area contributed by atoms with Crippen molar-refractivity contribution in [1.29, 1.82) is 0 Å². The van der Waals surface area contributed by atoms with Crippen molar-refractivity contribution in [3.8, 4) is 5.75 Å². The van der Waals surface area contributed by atoms with E-state index in [1.165, 1.54) is 12.8 Å². The molecule has 6 nitrogen and oxygen atoms in total. The van der Waals surface area contributed by atoms with Crippen LogP contribution in [-0.4, -0.2) is 63.2 Å². The van der Waals surface area contributed by atoms with Gasteiger partial charge in [-0.15, -0.1) is 0 Å². The van der Waals surface area contributed by atoms with Crippen molar-refractivity contribution in [2.24, 2.45) is 0 Å². The molecule has 0 spiro atoms. The van der Waals surface area contributed by atoms with Gasteiger partial charge in [-0.25, -0.2) is 0 Å². The smallest absolute Gasteiger partial charge is 0.238 e. The molecule has 2 aromatic rings. The van der Waals surface area contributed by atoms with Crippen molar-refractivity contribution in [3.63, 3.8) is 0 Å². The average molecular weight is 409 g/mol. The first-order valence-electron chi connectivity index (χ1n) is 11.0. The van der Waals surface area contributed by atoms with Gasteiger partial charge in [0.25, 0.3) is 0 Å². The molecule has 1 atom stereocenters. The molecular formula is C24H32N4O2. The largest absolute Gasteiger partial charge is 0.485 e. The van der Waals surface area contributed by atoms with Crippen LogP contribution in [0, 0.1) is 0 Å². The first-order chi connectivity index (χ1) is 14.6. The Labute approximate surface area is 179 Å². The van der Waals surface area contributed by atoms with E-state index in [0.717, 1.165) is 49.0 Å². The molecule has 1 saturated heterocycles. The van der Waals surface area contributed by atoms with E-state index in [0.29, 0.717) is 13.1 Å². The van der Waals surface area contributed by atoms with Gasteiger partial charge >= 0.3 is 0 Å². The number of fused-ring (bicyclic) bond motifs is 1. The van der Waals surface area contributed by atoms with Crippen LogP contribution in [0.1, 0.15) is 19.8 Å². The highest BCUT2D eigenvalue weighted by Gasteiger charge is 2.26. The summed E-state index contributed by atoms with van der Waals surface area (Å²) in [6.07, 6.45) is 2.46. The second-order valence-corrected chi connectivity index (χ2v) is 8.20. The molecule has 0 radical (unpaired) electrons. The summed E-state index contributed by atoms with van der Waals surface area (Å²) in [6, 6.07) is 16.3.